The number of hydrogen-bond donors (Lipinski definition) is 0. The van der Waals surface area contributed by atoms with E-state index in [0.29, 0.717) is 39.5 Å². The highest BCUT2D eigenvalue weighted by atomic mass is 16.7. The fourth-order valence-corrected chi connectivity index (χ4v) is 7.05. The topological polar surface area (TPSA) is 72.5 Å². The van der Waals surface area contributed by atoms with Gasteiger partial charge in [-0.3, -0.25) is 4.79 Å². The average molecular weight is 647 g/mol. The third-order valence-electron chi connectivity index (χ3n) is 9.61. The first-order valence-electron chi connectivity index (χ1n) is 16.7. The quantitative estimate of drug-likeness (QED) is 0.155. The van der Waals surface area contributed by atoms with Crippen LogP contribution in [0.5, 0.6) is 0 Å². The van der Waals surface area contributed by atoms with Crippen LogP contribution in [0, 0.1) is 5.92 Å². The number of carbonyl (C=O) groups is 1. The number of ether oxygens (including phenoxy) is 6. The van der Waals surface area contributed by atoms with Gasteiger partial charge in [0.25, 0.3) is 0 Å². The summed E-state index contributed by atoms with van der Waals surface area (Å²) < 4.78 is 40.7. The van der Waals surface area contributed by atoms with Crippen molar-refractivity contribution in [2.75, 3.05) is 13.2 Å². The average Bonchev–Trinajstić information content (AvgIpc) is 3.63. The summed E-state index contributed by atoms with van der Waals surface area (Å²) >= 11 is 0. The van der Waals surface area contributed by atoms with Gasteiger partial charge in [-0.1, -0.05) is 121 Å². The molecule has 4 aromatic carbocycles. The van der Waals surface area contributed by atoms with E-state index in [-0.39, 0.29) is 18.3 Å². The first-order chi connectivity index (χ1) is 23.6. The van der Waals surface area contributed by atoms with E-state index >= 15 is 0 Å². The van der Waals surface area contributed by atoms with Crippen LogP contribution in [-0.4, -0.2) is 49.2 Å². The summed E-state index contributed by atoms with van der Waals surface area (Å²) in [4.78, 5) is 13.1. The molecule has 2 fully saturated rings. The van der Waals surface area contributed by atoms with Gasteiger partial charge < -0.3 is 28.4 Å². The van der Waals surface area contributed by atoms with Crippen molar-refractivity contribution in [3.8, 4) is 0 Å². The fraction of sp³-hybridized carbons (Fsp3) is 0.341. The van der Waals surface area contributed by atoms with Crippen molar-refractivity contribution in [3.63, 3.8) is 0 Å². The minimum absolute atomic E-state index is 0.115. The zero-order chi connectivity index (χ0) is 32.8. The van der Waals surface area contributed by atoms with E-state index in [1.165, 1.54) is 0 Å². The Morgan fingerprint density at radius 3 is 1.67 bits per heavy atom. The Balaban J connectivity index is 1.26. The SMILES string of the molecule is CC1=C2CO[C@]3(O[C@H](COCc4ccccc4)[C@@H](OCc4ccccc4)[C@H](OCc4ccccc4)[C@H]3OCc3ccccc3)C2CC1=O. The summed E-state index contributed by atoms with van der Waals surface area (Å²) in [6, 6.07) is 40.2. The lowest BCUT2D eigenvalue weighted by molar-refractivity contribution is -0.381. The van der Waals surface area contributed by atoms with Crippen molar-refractivity contribution in [1.82, 2.24) is 0 Å². The van der Waals surface area contributed by atoms with Crippen LogP contribution >= 0.6 is 0 Å². The van der Waals surface area contributed by atoms with Gasteiger partial charge in [-0.25, -0.2) is 0 Å². The first kappa shape index (κ1) is 32.6. The van der Waals surface area contributed by atoms with Crippen LogP contribution in [0.2, 0.25) is 0 Å². The van der Waals surface area contributed by atoms with Crippen LogP contribution in [-0.2, 0) is 59.6 Å². The smallest absolute Gasteiger partial charge is 0.205 e. The molecule has 4 aromatic rings. The maximum absolute atomic E-state index is 13.1. The van der Waals surface area contributed by atoms with Gasteiger partial charge in [0.2, 0.25) is 5.79 Å². The van der Waals surface area contributed by atoms with E-state index in [4.69, 9.17) is 28.4 Å². The lowest BCUT2D eigenvalue weighted by Gasteiger charge is -2.52. The number of fused-ring (bicyclic) bond motifs is 2. The van der Waals surface area contributed by atoms with Crippen LogP contribution in [0.25, 0.3) is 0 Å². The van der Waals surface area contributed by atoms with Crippen LogP contribution in [0.3, 0.4) is 0 Å². The molecule has 48 heavy (non-hydrogen) atoms. The van der Waals surface area contributed by atoms with E-state index in [1.807, 2.05) is 128 Å². The van der Waals surface area contributed by atoms with Gasteiger partial charge in [-0.15, -0.1) is 0 Å². The van der Waals surface area contributed by atoms with Gasteiger partial charge >= 0.3 is 0 Å². The van der Waals surface area contributed by atoms with Gasteiger partial charge in [0.05, 0.1) is 39.6 Å². The summed E-state index contributed by atoms with van der Waals surface area (Å²) in [7, 11) is 0. The number of rotatable bonds is 13. The summed E-state index contributed by atoms with van der Waals surface area (Å²) in [5, 5.41) is 0. The van der Waals surface area contributed by atoms with Gasteiger partial charge in [-0.05, 0) is 40.3 Å². The molecule has 0 aromatic heterocycles. The first-order valence-corrected chi connectivity index (χ1v) is 16.7. The molecule has 0 bridgehead atoms. The van der Waals surface area contributed by atoms with Gasteiger partial charge in [0.1, 0.15) is 24.4 Å². The van der Waals surface area contributed by atoms with Crippen molar-refractivity contribution in [1.29, 1.82) is 0 Å². The Morgan fingerprint density at radius 2 is 1.12 bits per heavy atom. The second-order valence-corrected chi connectivity index (χ2v) is 12.7. The van der Waals surface area contributed by atoms with Crippen LogP contribution < -0.4 is 0 Å². The van der Waals surface area contributed by atoms with Crippen molar-refractivity contribution in [2.24, 2.45) is 5.92 Å². The Labute approximate surface area is 282 Å². The maximum atomic E-state index is 13.1. The second-order valence-electron chi connectivity index (χ2n) is 12.7. The number of Topliss-reactive ketones (excluding diaryl/α,β-unsaturated/α-hetero) is 1. The molecule has 3 aliphatic rings. The number of ketones is 1. The summed E-state index contributed by atoms with van der Waals surface area (Å²) in [6.45, 7) is 3.82. The molecular formula is C41H42O7. The molecule has 7 nitrogen and oxygen atoms in total. The Morgan fingerprint density at radius 1 is 0.646 bits per heavy atom. The predicted octanol–water partition coefficient (Wildman–Crippen LogP) is 6.99. The lowest BCUT2D eigenvalue weighted by atomic mass is 9.82. The Kier molecular flexibility index (Phi) is 10.2. The summed E-state index contributed by atoms with van der Waals surface area (Å²) in [6.07, 6.45) is -2.19. The predicted molar refractivity (Wildman–Crippen MR) is 181 cm³/mol. The van der Waals surface area contributed by atoms with Gasteiger partial charge in [0, 0.05) is 12.3 Å². The molecule has 2 aliphatic heterocycles. The molecule has 0 saturated carbocycles. The highest BCUT2D eigenvalue weighted by Gasteiger charge is 2.65. The Bertz CT molecular complexity index is 1660. The number of carbonyl (C=O) groups excluding carboxylic acids is 1. The molecule has 1 spiro atoms. The lowest BCUT2D eigenvalue weighted by Crippen LogP contribution is -2.69. The summed E-state index contributed by atoms with van der Waals surface area (Å²) in [5.41, 5.74) is 5.86. The van der Waals surface area contributed by atoms with Crippen LogP contribution in [0.4, 0.5) is 0 Å². The van der Waals surface area contributed by atoms with E-state index in [1.54, 1.807) is 0 Å². The minimum Gasteiger partial charge on any atom is -0.374 e. The standard InChI is InChI=1S/C41H42O7/c1-29-34-27-47-41(35(34)22-36(29)42)40(46-26-33-20-12-5-13-21-33)39(45-25-32-18-10-4-11-19-32)38(44-24-31-16-8-3-9-17-31)37(48-41)28-43-23-30-14-6-2-7-15-30/h2-21,35,37-40H,22-28H2,1H3/t35?,37-,38-,39+,40-,41+/m1/s1. The monoisotopic (exact) mass is 646 g/mol. The molecule has 0 radical (unpaired) electrons. The largest absolute Gasteiger partial charge is 0.374 e. The molecule has 6 atom stereocenters. The van der Waals surface area contributed by atoms with E-state index in [0.717, 1.165) is 33.4 Å². The highest BCUT2D eigenvalue weighted by Crippen LogP contribution is 2.52. The Hall–Kier alpha value is -3.95. The second kappa shape index (κ2) is 15.1. The van der Waals surface area contributed by atoms with Gasteiger partial charge in [0.15, 0.2) is 5.78 Å². The zero-order valence-corrected chi connectivity index (χ0v) is 27.2. The number of benzene rings is 4. The minimum atomic E-state index is -1.27. The molecular weight excluding hydrogens is 604 g/mol. The molecule has 2 heterocycles. The third kappa shape index (κ3) is 7.08. The highest BCUT2D eigenvalue weighted by molar-refractivity contribution is 5.99. The number of allylic oxidation sites excluding steroid dienone is 1. The molecule has 248 valence electrons. The van der Waals surface area contributed by atoms with Crippen LogP contribution in [0.15, 0.2) is 132 Å². The molecule has 1 aliphatic carbocycles. The normalized spacial score (nSPS) is 26.7. The van der Waals surface area contributed by atoms with E-state index in [2.05, 4.69) is 0 Å². The van der Waals surface area contributed by atoms with Crippen molar-refractivity contribution < 1.29 is 33.2 Å². The third-order valence-corrected chi connectivity index (χ3v) is 9.61. The molecule has 7 heteroatoms. The van der Waals surface area contributed by atoms with E-state index < -0.39 is 30.2 Å². The number of hydrogen-bond acceptors (Lipinski definition) is 7. The molecule has 2 saturated heterocycles. The molecule has 0 amide bonds. The van der Waals surface area contributed by atoms with Gasteiger partial charge in [-0.2, -0.15) is 0 Å². The zero-order valence-electron chi connectivity index (χ0n) is 27.2. The van der Waals surface area contributed by atoms with Crippen molar-refractivity contribution in [3.05, 3.63) is 155 Å². The van der Waals surface area contributed by atoms with E-state index in [9.17, 15) is 4.79 Å². The molecule has 7 rings (SSSR count). The molecule has 0 N–H and O–H groups in total. The van der Waals surface area contributed by atoms with Crippen molar-refractivity contribution >= 4 is 5.78 Å². The fourth-order valence-electron chi connectivity index (χ4n) is 7.05. The maximum Gasteiger partial charge on any atom is 0.205 e. The molecule has 1 unspecified atom stereocenters. The summed E-state index contributed by atoms with van der Waals surface area (Å²) in [5.74, 6) is -1.46. The van der Waals surface area contributed by atoms with Crippen molar-refractivity contribution in [2.45, 2.75) is 70.0 Å². The van der Waals surface area contributed by atoms with Crippen LogP contribution in [0.1, 0.15) is 35.6 Å².